The smallest absolute Gasteiger partial charge is 0.341 e. The van der Waals surface area contributed by atoms with Crippen molar-refractivity contribution in [3.05, 3.63) is 99.9 Å². The molecule has 1 N–H and O–H groups in total. The van der Waals surface area contributed by atoms with Crippen LogP contribution in [0.3, 0.4) is 0 Å². The van der Waals surface area contributed by atoms with Crippen molar-refractivity contribution in [2.24, 2.45) is 0 Å². The van der Waals surface area contributed by atoms with Gasteiger partial charge in [0.2, 0.25) is 6.79 Å². The van der Waals surface area contributed by atoms with Gasteiger partial charge in [0.25, 0.3) is 5.91 Å². The molecule has 1 amide bonds. The Morgan fingerprint density at radius 1 is 0.946 bits per heavy atom. The monoisotopic (exact) mass is 515 g/mol. The highest BCUT2D eigenvalue weighted by atomic mass is 32.1. The van der Waals surface area contributed by atoms with Crippen LogP contribution in [0.1, 0.15) is 43.6 Å². The molecule has 4 aromatic rings. The zero-order valence-electron chi connectivity index (χ0n) is 20.4. The molecule has 7 nitrogen and oxygen atoms in total. The van der Waals surface area contributed by atoms with E-state index < -0.39 is 5.97 Å². The largest absolute Gasteiger partial charge is 0.462 e. The molecule has 0 radical (unpaired) electrons. The second kappa shape index (κ2) is 10.8. The summed E-state index contributed by atoms with van der Waals surface area (Å²) in [5.74, 6) is 1.81. The lowest BCUT2D eigenvalue weighted by atomic mass is 10.1. The Hall–Kier alpha value is -4.30. The number of carbonyl (C=O) groups is 2. The Kier molecular flexibility index (Phi) is 7.09. The first-order valence-corrected chi connectivity index (χ1v) is 12.7. The summed E-state index contributed by atoms with van der Waals surface area (Å²) in [7, 11) is 0. The predicted octanol–water partition coefficient (Wildman–Crippen LogP) is 6.60. The van der Waals surface area contributed by atoms with Crippen LogP contribution in [0.2, 0.25) is 0 Å². The van der Waals surface area contributed by atoms with E-state index in [4.69, 9.17) is 18.9 Å². The molecule has 1 aliphatic rings. The van der Waals surface area contributed by atoms with Crippen molar-refractivity contribution in [1.29, 1.82) is 0 Å². The summed E-state index contributed by atoms with van der Waals surface area (Å²) >= 11 is 1.36. The van der Waals surface area contributed by atoms with Crippen LogP contribution < -0.4 is 19.5 Å². The van der Waals surface area contributed by atoms with Crippen molar-refractivity contribution in [2.75, 3.05) is 18.7 Å². The SMILES string of the molecule is CCOC(=O)c1c(NC(=O)c2cccc(Oc3ccccc3)c2)sc(Cc2ccc3c(c2)OCO3)c1C. The van der Waals surface area contributed by atoms with Crippen molar-refractivity contribution in [2.45, 2.75) is 20.3 Å². The number of thiophene rings is 1. The Labute approximate surface area is 218 Å². The number of anilines is 1. The minimum Gasteiger partial charge on any atom is -0.462 e. The highest BCUT2D eigenvalue weighted by Crippen LogP contribution is 2.38. The average Bonchev–Trinajstić information content (AvgIpc) is 3.48. The van der Waals surface area contributed by atoms with Crippen molar-refractivity contribution < 1.29 is 28.5 Å². The van der Waals surface area contributed by atoms with E-state index in [0.717, 1.165) is 16.0 Å². The second-order valence-corrected chi connectivity index (χ2v) is 9.44. The lowest BCUT2D eigenvalue weighted by Gasteiger charge is -2.09. The molecule has 188 valence electrons. The molecule has 0 saturated heterocycles. The number of carbonyl (C=O) groups excluding carboxylic acids is 2. The topological polar surface area (TPSA) is 83.1 Å². The van der Waals surface area contributed by atoms with Crippen molar-refractivity contribution >= 4 is 28.2 Å². The summed E-state index contributed by atoms with van der Waals surface area (Å²) in [6, 6.07) is 22.0. The van der Waals surface area contributed by atoms with Crippen LogP contribution in [0.4, 0.5) is 5.00 Å². The first kappa shape index (κ1) is 24.4. The van der Waals surface area contributed by atoms with E-state index in [1.165, 1.54) is 11.3 Å². The Balaban J connectivity index is 1.40. The zero-order chi connectivity index (χ0) is 25.8. The quantitative estimate of drug-likeness (QED) is 0.266. The van der Waals surface area contributed by atoms with E-state index in [2.05, 4.69) is 5.32 Å². The zero-order valence-corrected chi connectivity index (χ0v) is 21.2. The molecular weight excluding hydrogens is 490 g/mol. The lowest BCUT2D eigenvalue weighted by Crippen LogP contribution is -2.15. The van der Waals surface area contributed by atoms with E-state index in [9.17, 15) is 9.59 Å². The Bertz CT molecular complexity index is 1450. The molecule has 0 unspecified atom stereocenters. The van der Waals surface area contributed by atoms with Gasteiger partial charge in [0, 0.05) is 16.9 Å². The molecule has 2 heterocycles. The summed E-state index contributed by atoms with van der Waals surface area (Å²) in [4.78, 5) is 27.0. The van der Waals surface area contributed by atoms with Crippen molar-refractivity contribution in [1.82, 2.24) is 0 Å². The van der Waals surface area contributed by atoms with Gasteiger partial charge in [-0.3, -0.25) is 4.79 Å². The van der Waals surface area contributed by atoms with Crippen LogP contribution in [0.25, 0.3) is 0 Å². The number of ether oxygens (including phenoxy) is 4. The van der Waals surface area contributed by atoms with E-state index in [1.54, 1.807) is 31.2 Å². The molecule has 5 rings (SSSR count). The first-order valence-electron chi connectivity index (χ1n) is 11.8. The third-order valence-electron chi connectivity index (χ3n) is 5.83. The number of esters is 1. The number of para-hydroxylation sites is 1. The molecular formula is C29H25NO6S. The third kappa shape index (κ3) is 5.44. The van der Waals surface area contributed by atoms with Gasteiger partial charge in [-0.2, -0.15) is 0 Å². The summed E-state index contributed by atoms with van der Waals surface area (Å²) in [5.41, 5.74) is 2.56. The molecule has 1 aliphatic heterocycles. The standard InChI is InChI=1S/C29H25NO6S/c1-3-33-29(32)26-18(2)25(15-19-12-13-23-24(14-19)35-17-34-23)37-28(26)30-27(31)20-8-7-11-22(16-20)36-21-9-5-4-6-10-21/h4-14,16H,3,15,17H2,1-2H3,(H,30,31). The number of hydrogen-bond acceptors (Lipinski definition) is 7. The fraction of sp³-hybridized carbons (Fsp3) is 0.172. The molecule has 0 atom stereocenters. The van der Waals surface area contributed by atoms with Gasteiger partial charge in [-0.1, -0.05) is 30.3 Å². The number of amides is 1. The molecule has 0 spiro atoms. The number of fused-ring (bicyclic) bond motifs is 1. The van der Waals surface area contributed by atoms with Gasteiger partial charge in [0.05, 0.1) is 12.2 Å². The van der Waals surface area contributed by atoms with Crippen LogP contribution in [0.5, 0.6) is 23.0 Å². The first-order chi connectivity index (χ1) is 18.0. The Morgan fingerprint density at radius 2 is 1.73 bits per heavy atom. The minimum atomic E-state index is -0.468. The van der Waals surface area contributed by atoms with Crippen molar-refractivity contribution in [3.63, 3.8) is 0 Å². The molecule has 8 heteroatoms. The minimum absolute atomic E-state index is 0.206. The third-order valence-corrected chi connectivity index (χ3v) is 7.04. The van der Waals surface area contributed by atoms with Crippen molar-refractivity contribution in [3.8, 4) is 23.0 Å². The second-order valence-electron chi connectivity index (χ2n) is 8.34. The van der Waals surface area contributed by atoms with E-state index >= 15 is 0 Å². The molecule has 0 bridgehead atoms. The summed E-state index contributed by atoms with van der Waals surface area (Å²) in [5, 5.41) is 3.37. The fourth-order valence-corrected chi connectivity index (χ4v) is 5.23. The van der Waals surface area contributed by atoms with Gasteiger partial charge in [-0.15, -0.1) is 11.3 Å². The number of nitrogens with one attached hydrogen (secondary N) is 1. The lowest BCUT2D eigenvalue weighted by molar-refractivity contribution is 0.0527. The molecule has 3 aromatic carbocycles. The fourth-order valence-electron chi connectivity index (χ4n) is 4.00. The van der Waals surface area contributed by atoms with Gasteiger partial charge in [0.1, 0.15) is 16.5 Å². The maximum atomic E-state index is 13.2. The average molecular weight is 516 g/mol. The van der Waals surface area contributed by atoms with Crippen LogP contribution in [-0.2, 0) is 11.2 Å². The van der Waals surface area contributed by atoms with Crippen LogP contribution in [0, 0.1) is 6.92 Å². The van der Waals surface area contributed by atoms with E-state index in [-0.39, 0.29) is 19.3 Å². The predicted molar refractivity (Wildman–Crippen MR) is 141 cm³/mol. The molecule has 1 aromatic heterocycles. The highest BCUT2D eigenvalue weighted by Gasteiger charge is 2.25. The van der Waals surface area contributed by atoms with Gasteiger partial charge >= 0.3 is 5.97 Å². The van der Waals surface area contributed by atoms with Gasteiger partial charge in [-0.05, 0) is 67.4 Å². The number of hydrogen-bond donors (Lipinski definition) is 1. The van der Waals surface area contributed by atoms with Gasteiger partial charge in [0.15, 0.2) is 11.5 Å². The molecule has 0 aliphatic carbocycles. The van der Waals surface area contributed by atoms with Crippen LogP contribution in [-0.4, -0.2) is 25.3 Å². The molecule has 37 heavy (non-hydrogen) atoms. The number of benzene rings is 3. The maximum Gasteiger partial charge on any atom is 0.341 e. The summed E-state index contributed by atoms with van der Waals surface area (Å²) < 4.78 is 22.1. The van der Waals surface area contributed by atoms with Crippen LogP contribution in [0.15, 0.2) is 72.8 Å². The maximum absolute atomic E-state index is 13.2. The van der Waals surface area contributed by atoms with Crippen LogP contribution >= 0.6 is 11.3 Å². The Morgan fingerprint density at radius 3 is 2.54 bits per heavy atom. The molecule has 0 saturated carbocycles. The number of rotatable bonds is 8. The summed E-state index contributed by atoms with van der Waals surface area (Å²) in [6.45, 7) is 4.06. The summed E-state index contributed by atoms with van der Waals surface area (Å²) in [6.07, 6.45) is 0.565. The van der Waals surface area contributed by atoms with E-state index in [0.29, 0.717) is 45.5 Å². The highest BCUT2D eigenvalue weighted by molar-refractivity contribution is 7.17. The van der Waals surface area contributed by atoms with Gasteiger partial charge < -0.3 is 24.3 Å². The molecule has 0 fully saturated rings. The normalized spacial score (nSPS) is 11.7. The van der Waals surface area contributed by atoms with Gasteiger partial charge in [-0.25, -0.2) is 4.79 Å². The van der Waals surface area contributed by atoms with E-state index in [1.807, 2.05) is 55.5 Å².